The summed E-state index contributed by atoms with van der Waals surface area (Å²) in [7, 11) is 0. The van der Waals surface area contributed by atoms with Gasteiger partial charge in [-0.3, -0.25) is 0 Å². The van der Waals surface area contributed by atoms with E-state index in [4.69, 9.17) is 4.74 Å². The second kappa shape index (κ2) is 4.92. The van der Waals surface area contributed by atoms with Gasteiger partial charge in [0.15, 0.2) is 0 Å². The molecule has 0 radical (unpaired) electrons. The van der Waals surface area contributed by atoms with Gasteiger partial charge < -0.3 is 10.1 Å². The van der Waals surface area contributed by atoms with Gasteiger partial charge in [0.25, 0.3) is 0 Å². The summed E-state index contributed by atoms with van der Waals surface area (Å²) in [5.41, 5.74) is 4.61. The number of aryl methyl sites for hydroxylation is 1. The van der Waals surface area contributed by atoms with Crippen LogP contribution in [0.5, 0.6) is 0 Å². The molecule has 0 amide bonds. The highest BCUT2D eigenvalue weighted by atomic mass is 16.5. The minimum atomic E-state index is 0.228. The topological polar surface area (TPSA) is 21.3 Å². The van der Waals surface area contributed by atoms with Crippen LogP contribution in [0.25, 0.3) is 0 Å². The van der Waals surface area contributed by atoms with Crippen molar-refractivity contribution in [3.63, 3.8) is 0 Å². The Morgan fingerprint density at radius 1 is 1.32 bits per heavy atom. The van der Waals surface area contributed by atoms with Crippen LogP contribution in [0.3, 0.4) is 0 Å². The Balaban J connectivity index is 2.00. The normalized spacial score (nSPS) is 25.6. The zero-order valence-corrected chi connectivity index (χ0v) is 12.3. The molecule has 0 saturated carbocycles. The van der Waals surface area contributed by atoms with Crippen LogP contribution in [-0.4, -0.2) is 25.8 Å². The molecule has 2 aliphatic heterocycles. The molecule has 3 rings (SSSR count). The summed E-state index contributed by atoms with van der Waals surface area (Å²) in [5.74, 6) is 0.592. The quantitative estimate of drug-likeness (QED) is 0.900. The predicted molar refractivity (Wildman–Crippen MR) is 78.8 cm³/mol. The van der Waals surface area contributed by atoms with Crippen molar-refractivity contribution in [1.82, 2.24) is 5.32 Å². The van der Waals surface area contributed by atoms with Crippen LogP contribution in [-0.2, 0) is 10.2 Å². The van der Waals surface area contributed by atoms with Crippen LogP contribution in [0.4, 0.5) is 0 Å². The zero-order chi connectivity index (χ0) is 13.5. The molecular formula is C17H25NO. The molecule has 1 atom stereocenters. The molecule has 1 N–H and O–H groups in total. The maximum atomic E-state index is 5.62. The third-order valence-electron chi connectivity index (χ3n) is 4.91. The van der Waals surface area contributed by atoms with Crippen LogP contribution in [0, 0.1) is 6.92 Å². The van der Waals surface area contributed by atoms with E-state index < -0.39 is 0 Å². The lowest BCUT2D eigenvalue weighted by atomic mass is 9.69. The lowest BCUT2D eigenvalue weighted by molar-refractivity contribution is -0.0764. The summed E-state index contributed by atoms with van der Waals surface area (Å²) in [6.45, 7) is 9.71. The summed E-state index contributed by atoms with van der Waals surface area (Å²) in [4.78, 5) is 0. The molecule has 2 nitrogen and oxygen atoms in total. The minimum absolute atomic E-state index is 0.228. The second-order valence-corrected chi connectivity index (χ2v) is 6.53. The molecule has 2 heterocycles. The van der Waals surface area contributed by atoms with Gasteiger partial charge in [-0.2, -0.15) is 0 Å². The van der Waals surface area contributed by atoms with Gasteiger partial charge in [-0.1, -0.05) is 32.0 Å². The van der Waals surface area contributed by atoms with Crippen LogP contribution >= 0.6 is 0 Å². The van der Waals surface area contributed by atoms with Crippen LogP contribution < -0.4 is 5.32 Å². The van der Waals surface area contributed by atoms with Crippen molar-refractivity contribution in [2.75, 3.05) is 19.8 Å². The molecule has 1 aromatic carbocycles. The van der Waals surface area contributed by atoms with Crippen LogP contribution in [0.2, 0.25) is 0 Å². The number of hydrogen-bond acceptors (Lipinski definition) is 2. The summed E-state index contributed by atoms with van der Waals surface area (Å²) in [6, 6.07) is 7.60. The molecule has 1 unspecified atom stereocenters. The van der Waals surface area contributed by atoms with Gasteiger partial charge in [0.1, 0.15) is 0 Å². The van der Waals surface area contributed by atoms with Crippen molar-refractivity contribution in [2.45, 2.75) is 51.0 Å². The van der Waals surface area contributed by atoms with Gasteiger partial charge in [0.05, 0.1) is 18.6 Å². The van der Waals surface area contributed by atoms with Crippen molar-refractivity contribution in [2.24, 2.45) is 0 Å². The van der Waals surface area contributed by atoms with E-state index in [0.717, 1.165) is 19.8 Å². The van der Waals surface area contributed by atoms with E-state index in [1.54, 1.807) is 0 Å². The highest BCUT2D eigenvalue weighted by Crippen LogP contribution is 2.41. The average molecular weight is 259 g/mol. The first-order chi connectivity index (χ1) is 9.13. The molecule has 2 fully saturated rings. The number of ether oxygens (including phenoxy) is 1. The Morgan fingerprint density at radius 3 is 2.63 bits per heavy atom. The maximum Gasteiger partial charge on any atom is 0.0600 e. The summed E-state index contributed by atoms with van der Waals surface area (Å²) in [5, 5.41) is 3.69. The second-order valence-electron chi connectivity index (χ2n) is 6.53. The van der Waals surface area contributed by atoms with Gasteiger partial charge in [-0.25, -0.2) is 0 Å². The van der Waals surface area contributed by atoms with E-state index in [1.165, 1.54) is 29.5 Å². The molecular weight excluding hydrogens is 234 g/mol. The minimum Gasteiger partial charge on any atom is -0.379 e. The fourth-order valence-electron chi connectivity index (χ4n) is 3.56. The first kappa shape index (κ1) is 13.1. The monoisotopic (exact) mass is 259 g/mol. The van der Waals surface area contributed by atoms with Crippen molar-refractivity contribution in [1.29, 1.82) is 0 Å². The fraction of sp³-hybridized carbons (Fsp3) is 0.647. The van der Waals surface area contributed by atoms with Crippen molar-refractivity contribution < 1.29 is 4.74 Å². The molecule has 2 aliphatic rings. The highest BCUT2D eigenvalue weighted by molar-refractivity contribution is 5.41. The molecule has 0 aliphatic carbocycles. The third kappa shape index (κ3) is 2.11. The lowest BCUT2D eigenvalue weighted by Crippen LogP contribution is -2.58. The van der Waals surface area contributed by atoms with Crippen molar-refractivity contribution in [3.05, 3.63) is 34.9 Å². The lowest BCUT2D eigenvalue weighted by Gasteiger charge is -2.47. The summed E-state index contributed by atoms with van der Waals surface area (Å²) in [6.07, 6.45) is 2.59. The van der Waals surface area contributed by atoms with Crippen LogP contribution in [0.1, 0.15) is 49.3 Å². The molecule has 0 aromatic heterocycles. The van der Waals surface area contributed by atoms with Crippen molar-refractivity contribution >= 4 is 0 Å². The van der Waals surface area contributed by atoms with Crippen molar-refractivity contribution in [3.8, 4) is 0 Å². The summed E-state index contributed by atoms with van der Waals surface area (Å²) >= 11 is 0. The summed E-state index contributed by atoms with van der Waals surface area (Å²) < 4.78 is 5.62. The first-order valence-corrected chi connectivity index (χ1v) is 7.56. The predicted octanol–water partition coefficient (Wildman–Crippen LogP) is 3.14. The molecule has 1 aromatic rings. The number of benzene rings is 1. The molecule has 2 saturated heterocycles. The number of rotatable bonds is 3. The standard InChI is InChI=1S/C17H25NO/c1-12(2)14-7-6-13(3)15(9-14)17(10-19-11-17)16-5-4-8-18-16/h6-7,9,12,16,18H,4-5,8,10-11H2,1-3H3. The van der Waals surface area contributed by atoms with Gasteiger partial charge in [0.2, 0.25) is 0 Å². The number of nitrogens with one attached hydrogen (secondary N) is 1. The Bertz CT molecular complexity index is 456. The van der Waals surface area contributed by atoms with E-state index in [-0.39, 0.29) is 5.41 Å². The van der Waals surface area contributed by atoms with E-state index in [1.807, 2.05) is 0 Å². The fourth-order valence-corrected chi connectivity index (χ4v) is 3.56. The van der Waals surface area contributed by atoms with E-state index in [0.29, 0.717) is 12.0 Å². The highest BCUT2D eigenvalue weighted by Gasteiger charge is 2.48. The third-order valence-corrected chi connectivity index (χ3v) is 4.91. The van der Waals surface area contributed by atoms with E-state index in [2.05, 4.69) is 44.3 Å². The molecule has 0 spiro atoms. The first-order valence-electron chi connectivity index (χ1n) is 7.56. The molecule has 2 heteroatoms. The average Bonchev–Trinajstić information content (AvgIpc) is 2.84. The SMILES string of the molecule is Cc1ccc(C(C)C)cc1C1(C2CCCN2)COC1. The maximum absolute atomic E-state index is 5.62. The van der Waals surface area contributed by atoms with Gasteiger partial charge in [0, 0.05) is 6.04 Å². The van der Waals surface area contributed by atoms with Gasteiger partial charge >= 0.3 is 0 Å². The smallest absolute Gasteiger partial charge is 0.0600 e. The van der Waals surface area contributed by atoms with E-state index >= 15 is 0 Å². The molecule has 104 valence electrons. The number of hydrogen-bond donors (Lipinski definition) is 1. The Hall–Kier alpha value is -0.860. The van der Waals surface area contributed by atoms with Crippen LogP contribution in [0.15, 0.2) is 18.2 Å². The molecule has 19 heavy (non-hydrogen) atoms. The largest absolute Gasteiger partial charge is 0.379 e. The molecule has 0 bridgehead atoms. The Kier molecular flexibility index (Phi) is 3.40. The Morgan fingerprint density at radius 2 is 2.11 bits per heavy atom. The van der Waals surface area contributed by atoms with E-state index in [9.17, 15) is 0 Å². The van der Waals surface area contributed by atoms with Gasteiger partial charge in [-0.15, -0.1) is 0 Å². The zero-order valence-electron chi connectivity index (χ0n) is 12.3. The van der Waals surface area contributed by atoms with Gasteiger partial charge in [-0.05, 0) is 48.9 Å². The Labute approximate surface area is 116 Å².